The summed E-state index contributed by atoms with van der Waals surface area (Å²) in [6.45, 7) is 4.83. The van der Waals surface area contributed by atoms with Crippen LogP contribution in [0.1, 0.15) is 18.4 Å². The Balaban J connectivity index is 0.000000265. The number of nitrogen functional groups attached to an aromatic ring is 1. The average molecular weight is 484 g/mol. The first-order valence-electron chi connectivity index (χ1n) is 11.4. The number of amides is 1. The Bertz CT molecular complexity index is 1270. The second-order valence-corrected chi connectivity index (χ2v) is 8.57. The van der Waals surface area contributed by atoms with Gasteiger partial charge in [-0.1, -0.05) is 0 Å². The van der Waals surface area contributed by atoms with Gasteiger partial charge in [-0.15, -0.1) is 0 Å². The van der Waals surface area contributed by atoms with Crippen molar-refractivity contribution in [2.75, 3.05) is 42.7 Å². The first-order chi connectivity index (χ1) is 16.9. The van der Waals surface area contributed by atoms with Gasteiger partial charge in [0.1, 0.15) is 18.1 Å². The zero-order chi connectivity index (χ0) is 24.5. The van der Waals surface area contributed by atoms with Gasteiger partial charge in [-0.2, -0.15) is 0 Å². The number of rotatable bonds is 2. The molecule has 0 aliphatic carbocycles. The minimum absolute atomic E-state index is 0.0572. The highest BCUT2D eigenvalue weighted by molar-refractivity contribution is 5.99. The monoisotopic (exact) mass is 483 g/mol. The maximum absolute atomic E-state index is 15.0. The van der Waals surface area contributed by atoms with E-state index in [1.54, 1.807) is 12.3 Å². The number of aromatic nitrogens is 2. The maximum Gasteiger partial charge on any atom is 0.410 e. The number of halogens is 1. The van der Waals surface area contributed by atoms with E-state index in [0.717, 1.165) is 30.4 Å². The van der Waals surface area contributed by atoms with Gasteiger partial charge in [-0.3, -0.25) is 5.32 Å². The largest absolute Gasteiger partial charge is 0.474 e. The highest BCUT2D eigenvalue weighted by Gasteiger charge is 2.33. The minimum Gasteiger partial charge on any atom is -0.474 e. The van der Waals surface area contributed by atoms with E-state index < -0.39 is 11.9 Å². The minimum atomic E-state index is -1.24. The molecule has 3 aliphatic rings. The normalized spacial score (nSPS) is 20.2. The van der Waals surface area contributed by atoms with Crippen molar-refractivity contribution in [2.45, 2.75) is 26.1 Å². The summed E-state index contributed by atoms with van der Waals surface area (Å²) in [6, 6.07) is 3.11. The lowest BCUT2D eigenvalue weighted by Crippen LogP contribution is -2.20. The number of hydrogen-bond acceptors (Lipinski definition) is 8. The topological polar surface area (TPSA) is 141 Å². The number of ether oxygens (including phenoxy) is 3. The number of nitrogens with one attached hydrogen (secondary N) is 2. The summed E-state index contributed by atoms with van der Waals surface area (Å²) in [5.41, 5.74) is 8.28. The molecule has 10 nitrogen and oxygen atoms in total. The molecule has 5 N–H and O–H groups in total. The zero-order valence-electron chi connectivity index (χ0n) is 19.1. The molecule has 6 rings (SSSR count). The summed E-state index contributed by atoms with van der Waals surface area (Å²) in [6.07, 6.45) is 4.25. The summed E-state index contributed by atoms with van der Waals surface area (Å²) < 4.78 is 31.0. The van der Waals surface area contributed by atoms with Crippen molar-refractivity contribution in [1.82, 2.24) is 9.97 Å². The van der Waals surface area contributed by atoms with Crippen LogP contribution in [0.2, 0.25) is 0 Å². The molecular formula is C24H26FN5O5. The molecule has 2 fully saturated rings. The molecule has 0 unspecified atom stereocenters. The molecule has 2 saturated heterocycles. The van der Waals surface area contributed by atoms with Crippen molar-refractivity contribution in [1.29, 1.82) is 0 Å². The van der Waals surface area contributed by atoms with Gasteiger partial charge in [0, 0.05) is 41.4 Å². The van der Waals surface area contributed by atoms with Crippen molar-refractivity contribution in [2.24, 2.45) is 5.92 Å². The summed E-state index contributed by atoms with van der Waals surface area (Å²) >= 11 is 0. The van der Waals surface area contributed by atoms with Crippen molar-refractivity contribution >= 4 is 34.1 Å². The summed E-state index contributed by atoms with van der Waals surface area (Å²) in [4.78, 5) is 19.1. The van der Waals surface area contributed by atoms with Crippen LogP contribution in [-0.4, -0.2) is 53.8 Å². The highest BCUT2D eigenvalue weighted by atomic mass is 19.1. The van der Waals surface area contributed by atoms with Crippen molar-refractivity contribution in [3.63, 3.8) is 0 Å². The number of fused-ring (bicyclic) bond motifs is 3. The Morgan fingerprint density at radius 2 is 1.94 bits per heavy atom. The number of carboxylic acid groups (broad SMARTS) is 1. The van der Waals surface area contributed by atoms with Crippen LogP contribution in [0.4, 0.5) is 26.4 Å². The number of benzene rings is 1. The fourth-order valence-corrected chi connectivity index (χ4v) is 4.57. The van der Waals surface area contributed by atoms with Crippen molar-refractivity contribution in [3.8, 4) is 17.0 Å². The SMILES string of the molecule is C1CC2CCOC2O1.Cc1c(-c2cc3cc(NC(=O)O)ncc3c(N)c2F)cnc2c1NCCO2. The molecule has 5 heterocycles. The predicted molar refractivity (Wildman–Crippen MR) is 128 cm³/mol. The van der Waals surface area contributed by atoms with E-state index in [-0.39, 0.29) is 23.4 Å². The lowest BCUT2D eigenvalue weighted by Gasteiger charge is -2.22. The molecule has 0 radical (unpaired) electrons. The molecule has 184 valence electrons. The second kappa shape index (κ2) is 9.51. The van der Waals surface area contributed by atoms with Crippen LogP contribution in [0, 0.1) is 18.7 Å². The highest BCUT2D eigenvalue weighted by Crippen LogP contribution is 2.39. The standard InChI is InChI=1S/C18H16FN5O3.C6H10O2/c1-8-11(6-23-17-16(8)21-2-3-27-17)10-4-9-5-13(24-18(25)26)22-7-12(9)15(20)14(10)19;1-3-7-6-5(1)2-4-8-6/h4-7,21H,2-3,20H2,1H3,(H,22,24)(H,25,26);5-6H,1-4H2. The van der Waals surface area contributed by atoms with E-state index in [2.05, 4.69) is 20.6 Å². The Labute approximate surface area is 200 Å². The fourth-order valence-electron chi connectivity index (χ4n) is 4.57. The number of pyridine rings is 2. The molecule has 0 bridgehead atoms. The third-order valence-corrected chi connectivity index (χ3v) is 6.40. The Kier molecular flexibility index (Phi) is 6.27. The van der Waals surface area contributed by atoms with Gasteiger partial charge in [0.05, 0.1) is 18.9 Å². The third-order valence-electron chi connectivity index (χ3n) is 6.40. The van der Waals surface area contributed by atoms with Gasteiger partial charge in [0.25, 0.3) is 0 Å². The number of nitrogens with zero attached hydrogens (tertiary/aromatic N) is 2. The van der Waals surface area contributed by atoms with Gasteiger partial charge < -0.3 is 30.4 Å². The third kappa shape index (κ3) is 4.52. The zero-order valence-corrected chi connectivity index (χ0v) is 19.1. The van der Waals surface area contributed by atoms with E-state index in [9.17, 15) is 9.18 Å². The molecule has 0 saturated carbocycles. The molecule has 2 aromatic heterocycles. The molecule has 0 atom stereocenters. The maximum atomic E-state index is 15.0. The van der Waals surface area contributed by atoms with Crippen molar-refractivity contribution in [3.05, 3.63) is 35.9 Å². The lowest BCUT2D eigenvalue weighted by molar-refractivity contribution is -0.0904. The Hall–Kier alpha value is -3.70. The molecule has 1 amide bonds. The number of hydrogen-bond donors (Lipinski definition) is 4. The van der Waals surface area contributed by atoms with Gasteiger partial charge in [-0.25, -0.2) is 19.2 Å². The molecule has 0 spiro atoms. The van der Waals surface area contributed by atoms with Crippen LogP contribution in [0.25, 0.3) is 21.9 Å². The van der Waals surface area contributed by atoms with Crippen LogP contribution >= 0.6 is 0 Å². The molecule has 35 heavy (non-hydrogen) atoms. The van der Waals surface area contributed by atoms with Crippen molar-refractivity contribution < 1.29 is 28.5 Å². The van der Waals surface area contributed by atoms with E-state index in [1.165, 1.54) is 25.1 Å². The predicted octanol–water partition coefficient (Wildman–Crippen LogP) is 3.99. The second-order valence-electron chi connectivity index (χ2n) is 8.57. The van der Waals surface area contributed by atoms with Crippen LogP contribution < -0.4 is 21.1 Å². The van der Waals surface area contributed by atoms with E-state index in [0.29, 0.717) is 35.4 Å². The molecule has 3 aromatic rings. The van der Waals surface area contributed by atoms with E-state index in [1.807, 2.05) is 6.92 Å². The number of carbonyl (C=O) groups is 1. The lowest BCUT2D eigenvalue weighted by atomic mass is 9.97. The summed E-state index contributed by atoms with van der Waals surface area (Å²) in [7, 11) is 0. The van der Waals surface area contributed by atoms with Gasteiger partial charge in [0.15, 0.2) is 12.1 Å². The van der Waals surface area contributed by atoms with Crippen LogP contribution in [0.5, 0.6) is 5.88 Å². The van der Waals surface area contributed by atoms with Crippen LogP contribution in [-0.2, 0) is 9.47 Å². The van der Waals surface area contributed by atoms with Gasteiger partial charge in [-0.05, 0) is 42.8 Å². The van der Waals surface area contributed by atoms with Crippen LogP contribution in [0.3, 0.4) is 0 Å². The smallest absolute Gasteiger partial charge is 0.410 e. The number of nitrogens with two attached hydrogens (primary N) is 1. The van der Waals surface area contributed by atoms with E-state index >= 15 is 0 Å². The Morgan fingerprint density at radius 3 is 2.66 bits per heavy atom. The van der Waals surface area contributed by atoms with E-state index in [4.69, 9.17) is 25.1 Å². The molecule has 11 heteroatoms. The summed E-state index contributed by atoms with van der Waals surface area (Å²) in [5, 5.41) is 15.2. The Morgan fingerprint density at radius 1 is 1.17 bits per heavy atom. The van der Waals surface area contributed by atoms with Crippen LogP contribution in [0.15, 0.2) is 24.5 Å². The number of anilines is 3. The molecule has 3 aliphatic heterocycles. The van der Waals surface area contributed by atoms with Gasteiger partial charge >= 0.3 is 6.09 Å². The first kappa shape index (κ1) is 23.1. The first-order valence-corrected chi connectivity index (χ1v) is 11.4. The average Bonchev–Trinajstić information content (AvgIpc) is 3.48. The quantitative estimate of drug-likeness (QED) is 0.398. The molecular weight excluding hydrogens is 457 g/mol. The molecule has 1 aromatic carbocycles. The van der Waals surface area contributed by atoms with Gasteiger partial charge in [0.2, 0.25) is 5.88 Å². The summed E-state index contributed by atoms with van der Waals surface area (Å²) in [5.74, 6) is 0.760. The fraction of sp³-hybridized carbons (Fsp3) is 0.375.